The molecule has 0 aliphatic rings. The molecule has 3 rings (SSSR count). The number of carbonyl (C=O) groups is 2. The van der Waals surface area contributed by atoms with Gasteiger partial charge < -0.3 is 18.9 Å². The van der Waals surface area contributed by atoms with Gasteiger partial charge in [-0.05, 0) is 100 Å². The average Bonchev–Trinajstić information content (AvgIpc) is 2.78. The summed E-state index contributed by atoms with van der Waals surface area (Å²) in [6, 6.07) is 19.4. The van der Waals surface area contributed by atoms with Crippen molar-refractivity contribution in [3.8, 4) is 23.0 Å². The van der Waals surface area contributed by atoms with Gasteiger partial charge in [0.15, 0.2) is 0 Å². The molecule has 0 radical (unpaired) electrons. The van der Waals surface area contributed by atoms with Crippen LogP contribution in [0.25, 0.3) is 0 Å². The molecule has 0 saturated carbocycles. The minimum Gasteiger partial charge on any atom is -0.476 e. The number of halogens is 2. The minimum absolute atomic E-state index is 0.272. The van der Waals surface area contributed by atoms with Crippen LogP contribution >= 0.6 is 23.2 Å². The zero-order valence-corrected chi connectivity index (χ0v) is 20.6. The zero-order valence-electron chi connectivity index (χ0n) is 19.1. The third-order valence-electron chi connectivity index (χ3n) is 4.60. The smallest absolute Gasteiger partial charge is 0.355 e. The molecule has 0 atom stereocenters. The van der Waals surface area contributed by atoms with Crippen molar-refractivity contribution >= 4 is 35.1 Å². The molecule has 3 aromatic carbocycles. The molecule has 0 aromatic heterocycles. The van der Waals surface area contributed by atoms with Crippen LogP contribution in [0.2, 0.25) is 10.0 Å². The predicted molar refractivity (Wildman–Crippen MR) is 130 cm³/mol. The highest BCUT2D eigenvalue weighted by Crippen LogP contribution is 2.26. The summed E-state index contributed by atoms with van der Waals surface area (Å²) in [5, 5.41) is 1.13. The van der Waals surface area contributed by atoms with Crippen molar-refractivity contribution in [1.82, 2.24) is 0 Å². The molecule has 8 heteroatoms. The summed E-state index contributed by atoms with van der Waals surface area (Å²) in [7, 11) is 0. The average molecular weight is 503 g/mol. The Labute approximate surface area is 208 Å². The Kier molecular flexibility index (Phi) is 7.75. The van der Waals surface area contributed by atoms with Gasteiger partial charge >= 0.3 is 11.9 Å². The van der Waals surface area contributed by atoms with E-state index in [2.05, 4.69) is 0 Å². The summed E-state index contributed by atoms with van der Waals surface area (Å²) < 4.78 is 22.3. The van der Waals surface area contributed by atoms with Gasteiger partial charge in [-0.1, -0.05) is 23.2 Å². The molecule has 0 saturated heterocycles. The van der Waals surface area contributed by atoms with Gasteiger partial charge in [-0.25, -0.2) is 9.59 Å². The Hall–Kier alpha value is -3.22. The van der Waals surface area contributed by atoms with E-state index in [9.17, 15) is 9.59 Å². The van der Waals surface area contributed by atoms with E-state index in [4.69, 9.17) is 42.1 Å². The lowest BCUT2D eigenvalue weighted by molar-refractivity contribution is -0.150. The first-order chi connectivity index (χ1) is 15.9. The number of carbonyl (C=O) groups excluding carboxylic acids is 2. The van der Waals surface area contributed by atoms with Crippen LogP contribution in [0.5, 0.6) is 23.0 Å². The van der Waals surface area contributed by atoms with Crippen LogP contribution in [0.15, 0.2) is 72.8 Å². The van der Waals surface area contributed by atoms with Gasteiger partial charge in [0, 0.05) is 10.0 Å². The summed E-state index contributed by atoms with van der Waals surface area (Å²) in [6.45, 7) is 6.40. The molecule has 0 bridgehead atoms. The highest BCUT2D eigenvalue weighted by atomic mass is 35.5. The normalized spacial score (nSPS) is 11.5. The number of rotatable bonds is 8. The second kappa shape index (κ2) is 10.4. The molecule has 0 fully saturated rings. The maximum absolute atomic E-state index is 12.6. The van der Waals surface area contributed by atoms with Gasteiger partial charge in [0.05, 0.1) is 0 Å². The van der Waals surface area contributed by atoms with E-state index in [1.165, 1.54) is 24.3 Å². The molecular formula is C26H24Cl2O6. The van der Waals surface area contributed by atoms with Crippen LogP contribution in [0.3, 0.4) is 0 Å². The lowest BCUT2D eigenvalue weighted by atomic mass is 10.1. The van der Waals surface area contributed by atoms with Crippen molar-refractivity contribution in [2.45, 2.75) is 38.9 Å². The molecule has 0 aliphatic heterocycles. The number of hydrogen-bond acceptors (Lipinski definition) is 6. The van der Waals surface area contributed by atoms with Crippen LogP contribution in [0.1, 0.15) is 27.7 Å². The fourth-order valence-electron chi connectivity index (χ4n) is 2.71. The molecule has 0 aliphatic carbocycles. The number of hydrogen-bond donors (Lipinski definition) is 0. The molecule has 0 spiro atoms. The van der Waals surface area contributed by atoms with E-state index in [1.807, 2.05) is 0 Å². The Bertz CT molecular complexity index is 1040. The van der Waals surface area contributed by atoms with Crippen LogP contribution < -0.4 is 18.9 Å². The highest BCUT2D eigenvalue weighted by molar-refractivity contribution is 6.30. The van der Waals surface area contributed by atoms with E-state index >= 15 is 0 Å². The van der Waals surface area contributed by atoms with E-state index in [1.54, 1.807) is 76.2 Å². The largest absolute Gasteiger partial charge is 0.476 e. The van der Waals surface area contributed by atoms with Gasteiger partial charge in [-0.15, -0.1) is 0 Å². The summed E-state index contributed by atoms with van der Waals surface area (Å²) in [5.74, 6) is 0.326. The molecule has 0 N–H and O–H groups in total. The maximum Gasteiger partial charge on any atom is 0.355 e. The van der Waals surface area contributed by atoms with Gasteiger partial charge in [0.2, 0.25) is 11.2 Å². The highest BCUT2D eigenvalue weighted by Gasteiger charge is 2.34. The third kappa shape index (κ3) is 6.89. The Morgan fingerprint density at radius 1 is 0.529 bits per heavy atom. The summed E-state index contributed by atoms with van der Waals surface area (Å²) in [5.41, 5.74) is -2.50. The molecule has 34 heavy (non-hydrogen) atoms. The van der Waals surface area contributed by atoms with Gasteiger partial charge in [0.1, 0.15) is 23.0 Å². The molecule has 0 heterocycles. The molecule has 3 aromatic rings. The van der Waals surface area contributed by atoms with Crippen LogP contribution in [0.4, 0.5) is 0 Å². The topological polar surface area (TPSA) is 71.1 Å². The van der Waals surface area contributed by atoms with Crippen LogP contribution in [0, 0.1) is 0 Å². The summed E-state index contributed by atoms with van der Waals surface area (Å²) >= 11 is 11.7. The van der Waals surface area contributed by atoms with Crippen molar-refractivity contribution < 1.29 is 28.5 Å². The zero-order chi connectivity index (χ0) is 24.9. The second-order valence-corrected chi connectivity index (χ2v) is 9.26. The summed E-state index contributed by atoms with van der Waals surface area (Å²) in [4.78, 5) is 25.2. The lowest BCUT2D eigenvalue weighted by Crippen LogP contribution is -2.41. The van der Waals surface area contributed by atoms with Crippen LogP contribution in [-0.4, -0.2) is 23.1 Å². The maximum atomic E-state index is 12.6. The van der Waals surface area contributed by atoms with E-state index in [0.717, 1.165) is 0 Å². The van der Waals surface area contributed by atoms with E-state index in [0.29, 0.717) is 21.5 Å². The number of ether oxygens (including phenoxy) is 4. The fraction of sp³-hybridized carbons (Fsp3) is 0.231. The minimum atomic E-state index is -1.25. The Morgan fingerprint density at radius 3 is 1.09 bits per heavy atom. The quantitative estimate of drug-likeness (QED) is 0.258. The first kappa shape index (κ1) is 25.4. The van der Waals surface area contributed by atoms with E-state index in [-0.39, 0.29) is 11.5 Å². The first-order valence-electron chi connectivity index (χ1n) is 10.4. The summed E-state index contributed by atoms with van der Waals surface area (Å²) in [6.07, 6.45) is 0. The number of benzene rings is 3. The van der Waals surface area contributed by atoms with E-state index < -0.39 is 23.1 Å². The standard InChI is InChI=1S/C26H24Cl2O6/c1-25(2,33-21-9-5-17(27)6-10-21)23(29)31-19-13-15-20(16-14-19)32-24(30)26(3,4)34-22-11-7-18(28)8-12-22/h5-16H,1-4H3. The Morgan fingerprint density at radius 2 is 0.794 bits per heavy atom. The fourth-order valence-corrected chi connectivity index (χ4v) is 2.97. The van der Waals surface area contributed by atoms with Crippen molar-refractivity contribution in [1.29, 1.82) is 0 Å². The number of esters is 2. The van der Waals surface area contributed by atoms with Crippen molar-refractivity contribution in [3.63, 3.8) is 0 Å². The van der Waals surface area contributed by atoms with Crippen LogP contribution in [-0.2, 0) is 9.59 Å². The van der Waals surface area contributed by atoms with Crippen molar-refractivity contribution in [2.75, 3.05) is 0 Å². The van der Waals surface area contributed by atoms with Gasteiger partial charge in [0.25, 0.3) is 0 Å². The molecule has 0 unspecified atom stereocenters. The van der Waals surface area contributed by atoms with Crippen molar-refractivity contribution in [2.24, 2.45) is 0 Å². The third-order valence-corrected chi connectivity index (χ3v) is 5.11. The Balaban J connectivity index is 1.58. The molecule has 178 valence electrons. The first-order valence-corrected chi connectivity index (χ1v) is 11.1. The molecule has 0 amide bonds. The molecular weight excluding hydrogens is 479 g/mol. The van der Waals surface area contributed by atoms with Gasteiger partial charge in [-0.2, -0.15) is 0 Å². The predicted octanol–water partition coefficient (Wildman–Crippen LogP) is 6.52. The lowest BCUT2D eigenvalue weighted by Gasteiger charge is -2.25. The molecule has 6 nitrogen and oxygen atoms in total. The van der Waals surface area contributed by atoms with Crippen molar-refractivity contribution in [3.05, 3.63) is 82.8 Å². The monoisotopic (exact) mass is 502 g/mol. The SMILES string of the molecule is CC(C)(Oc1ccc(Cl)cc1)C(=O)Oc1ccc(OC(=O)C(C)(C)Oc2ccc(Cl)cc2)cc1. The van der Waals surface area contributed by atoms with Gasteiger partial charge in [-0.3, -0.25) is 0 Å². The second-order valence-electron chi connectivity index (χ2n) is 8.38.